The molecule has 0 aliphatic heterocycles. The van der Waals surface area contributed by atoms with Crippen LogP contribution in [0.5, 0.6) is 0 Å². The Balaban J connectivity index is 1.86. The zero-order chi connectivity index (χ0) is 20.1. The van der Waals surface area contributed by atoms with E-state index in [-0.39, 0.29) is 12.3 Å². The summed E-state index contributed by atoms with van der Waals surface area (Å²) >= 11 is 0. The van der Waals surface area contributed by atoms with Gasteiger partial charge in [0, 0.05) is 5.56 Å². The van der Waals surface area contributed by atoms with E-state index >= 15 is 0 Å². The molecule has 2 heterocycles. The number of carbonyl (C=O) groups is 2. The molecule has 28 heavy (non-hydrogen) atoms. The molecule has 0 atom stereocenters. The van der Waals surface area contributed by atoms with Gasteiger partial charge in [0.25, 0.3) is 11.6 Å². The molecule has 1 N–H and O–H groups in total. The maximum Gasteiger partial charge on any atom is 0.325 e. The van der Waals surface area contributed by atoms with Crippen molar-refractivity contribution in [3.8, 4) is 11.3 Å². The minimum Gasteiger partial charge on any atom is -0.464 e. The molecule has 3 aromatic rings. The second-order valence-electron chi connectivity index (χ2n) is 6.63. The zero-order valence-corrected chi connectivity index (χ0v) is 16.2. The molecule has 0 saturated heterocycles. The molecule has 0 saturated carbocycles. The summed E-state index contributed by atoms with van der Waals surface area (Å²) in [6.45, 7) is 5.91. The molecule has 7 nitrogen and oxygen atoms in total. The lowest BCUT2D eigenvalue weighted by atomic mass is 10.0. The number of unbranched alkanes of at least 4 members (excludes halogenated alkanes) is 1. The first-order chi connectivity index (χ1) is 13.5. The van der Waals surface area contributed by atoms with Gasteiger partial charge in [0.15, 0.2) is 0 Å². The fourth-order valence-electron chi connectivity index (χ4n) is 2.78. The van der Waals surface area contributed by atoms with Gasteiger partial charge in [-0.15, -0.1) is 0 Å². The predicted octanol–water partition coefficient (Wildman–Crippen LogP) is 3.58. The van der Waals surface area contributed by atoms with E-state index in [2.05, 4.69) is 15.5 Å². The number of amides is 1. The number of pyridine rings is 1. The van der Waals surface area contributed by atoms with E-state index in [1.807, 2.05) is 38.1 Å². The molecule has 1 aromatic carbocycles. The molecular weight excluding hydrogens is 358 g/mol. The number of rotatable bonds is 7. The third-order valence-corrected chi connectivity index (χ3v) is 4.36. The number of carbonyl (C=O) groups excluding carboxylic acids is 2. The van der Waals surface area contributed by atoms with Crippen LogP contribution in [0, 0.1) is 13.8 Å². The molecule has 0 unspecified atom stereocenters. The zero-order valence-electron chi connectivity index (χ0n) is 16.2. The van der Waals surface area contributed by atoms with Gasteiger partial charge in [0.2, 0.25) is 0 Å². The lowest BCUT2D eigenvalue weighted by Crippen LogP contribution is -2.31. The van der Waals surface area contributed by atoms with Gasteiger partial charge in [-0.3, -0.25) is 9.59 Å². The van der Waals surface area contributed by atoms with Crippen molar-refractivity contribution in [1.29, 1.82) is 0 Å². The number of benzene rings is 1. The van der Waals surface area contributed by atoms with E-state index < -0.39 is 11.9 Å². The van der Waals surface area contributed by atoms with Crippen LogP contribution in [0.2, 0.25) is 0 Å². The Morgan fingerprint density at radius 3 is 2.64 bits per heavy atom. The van der Waals surface area contributed by atoms with Crippen molar-refractivity contribution >= 4 is 23.0 Å². The number of aryl methyl sites for hydroxylation is 2. The molecule has 146 valence electrons. The molecule has 0 aliphatic carbocycles. The monoisotopic (exact) mass is 381 g/mol. The van der Waals surface area contributed by atoms with Crippen molar-refractivity contribution in [3.05, 3.63) is 47.2 Å². The van der Waals surface area contributed by atoms with E-state index in [1.165, 1.54) is 0 Å². The van der Waals surface area contributed by atoms with Crippen molar-refractivity contribution in [2.45, 2.75) is 33.6 Å². The molecular formula is C21H23N3O4. The van der Waals surface area contributed by atoms with Gasteiger partial charge in [-0.25, -0.2) is 4.98 Å². The molecule has 1 amide bonds. The average Bonchev–Trinajstić information content (AvgIpc) is 3.07. The number of fused-ring (bicyclic) bond motifs is 1. The maximum absolute atomic E-state index is 12.8. The summed E-state index contributed by atoms with van der Waals surface area (Å²) in [7, 11) is 0. The van der Waals surface area contributed by atoms with Gasteiger partial charge in [-0.05, 0) is 26.3 Å². The normalized spacial score (nSPS) is 10.8. The Morgan fingerprint density at radius 2 is 1.93 bits per heavy atom. The number of ether oxygens (including phenoxy) is 1. The highest BCUT2D eigenvalue weighted by molar-refractivity contribution is 6.07. The third-order valence-electron chi connectivity index (χ3n) is 4.36. The van der Waals surface area contributed by atoms with Crippen LogP contribution in [-0.4, -0.2) is 35.2 Å². The second kappa shape index (κ2) is 8.65. The van der Waals surface area contributed by atoms with Crippen LogP contribution in [-0.2, 0) is 9.53 Å². The largest absolute Gasteiger partial charge is 0.464 e. The lowest BCUT2D eigenvalue weighted by molar-refractivity contribution is -0.142. The fraction of sp³-hybridized carbons (Fsp3) is 0.333. The van der Waals surface area contributed by atoms with Crippen molar-refractivity contribution in [3.63, 3.8) is 0 Å². The third kappa shape index (κ3) is 4.36. The highest BCUT2D eigenvalue weighted by Crippen LogP contribution is 2.27. The SMILES string of the molecule is CCCCOC(=O)CNC(=O)c1cc(-c2ccc(C)cc2)nc2onc(C)c12. The average molecular weight is 381 g/mol. The minimum atomic E-state index is -0.465. The molecule has 0 bridgehead atoms. The molecule has 7 heteroatoms. The van der Waals surface area contributed by atoms with Crippen LogP contribution >= 0.6 is 0 Å². The first kappa shape index (κ1) is 19.5. The van der Waals surface area contributed by atoms with Crippen LogP contribution in [0.1, 0.15) is 41.4 Å². The van der Waals surface area contributed by atoms with Crippen molar-refractivity contribution in [2.24, 2.45) is 0 Å². The summed E-state index contributed by atoms with van der Waals surface area (Å²) in [5, 5.41) is 7.07. The van der Waals surface area contributed by atoms with Crippen molar-refractivity contribution in [1.82, 2.24) is 15.5 Å². The van der Waals surface area contributed by atoms with Gasteiger partial charge < -0.3 is 14.6 Å². The number of hydrogen-bond donors (Lipinski definition) is 1. The molecule has 2 aromatic heterocycles. The van der Waals surface area contributed by atoms with E-state index in [0.29, 0.717) is 28.9 Å². The van der Waals surface area contributed by atoms with Crippen LogP contribution < -0.4 is 5.32 Å². The fourth-order valence-corrected chi connectivity index (χ4v) is 2.78. The molecule has 0 aliphatic rings. The van der Waals surface area contributed by atoms with Gasteiger partial charge >= 0.3 is 5.97 Å². The Morgan fingerprint density at radius 1 is 1.18 bits per heavy atom. The number of aromatic nitrogens is 2. The lowest BCUT2D eigenvalue weighted by Gasteiger charge is -2.09. The Bertz CT molecular complexity index is 993. The Kier molecular flexibility index (Phi) is 6.03. The predicted molar refractivity (Wildman–Crippen MR) is 105 cm³/mol. The standard InChI is InChI=1S/C21H23N3O4/c1-4-5-10-27-18(25)12-22-20(26)16-11-17(15-8-6-13(2)7-9-15)23-21-19(16)14(3)24-28-21/h6-9,11H,4-5,10,12H2,1-3H3,(H,22,26). The van der Waals surface area contributed by atoms with Crippen LogP contribution in [0.4, 0.5) is 0 Å². The summed E-state index contributed by atoms with van der Waals surface area (Å²) < 4.78 is 10.4. The number of esters is 1. The molecule has 0 spiro atoms. The highest BCUT2D eigenvalue weighted by atomic mass is 16.5. The number of nitrogens with zero attached hydrogens (tertiary/aromatic N) is 2. The Hall–Kier alpha value is -3.22. The van der Waals surface area contributed by atoms with Crippen LogP contribution in [0.25, 0.3) is 22.4 Å². The van der Waals surface area contributed by atoms with Crippen molar-refractivity contribution < 1.29 is 18.8 Å². The highest BCUT2D eigenvalue weighted by Gasteiger charge is 2.20. The topological polar surface area (TPSA) is 94.3 Å². The quantitative estimate of drug-likeness (QED) is 0.497. The van der Waals surface area contributed by atoms with Crippen molar-refractivity contribution in [2.75, 3.05) is 13.2 Å². The van der Waals surface area contributed by atoms with E-state index in [0.717, 1.165) is 24.0 Å². The van der Waals surface area contributed by atoms with Gasteiger partial charge in [-0.2, -0.15) is 0 Å². The summed E-state index contributed by atoms with van der Waals surface area (Å²) in [5.41, 5.74) is 3.79. The van der Waals surface area contributed by atoms with E-state index in [4.69, 9.17) is 9.26 Å². The van der Waals surface area contributed by atoms with Gasteiger partial charge in [0.1, 0.15) is 6.54 Å². The second-order valence-corrected chi connectivity index (χ2v) is 6.63. The smallest absolute Gasteiger partial charge is 0.325 e. The first-order valence-electron chi connectivity index (χ1n) is 9.27. The maximum atomic E-state index is 12.8. The van der Waals surface area contributed by atoms with Gasteiger partial charge in [0.05, 0.1) is 28.9 Å². The number of hydrogen-bond acceptors (Lipinski definition) is 6. The number of nitrogens with one attached hydrogen (secondary N) is 1. The molecule has 0 fully saturated rings. The van der Waals surface area contributed by atoms with Crippen LogP contribution in [0.3, 0.4) is 0 Å². The van der Waals surface area contributed by atoms with E-state index in [1.54, 1.807) is 13.0 Å². The summed E-state index contributed by atoms with van der Waals surface area (Å²) in [6.07, 6.45) is 1.73. The molecule has 3 rings (SSSR count). The summed E-state index contributed by atoms with van der Waals surface area (Å²) in [5.74, 6) is -0.868. The minimum absolute atomic E-state index is 0.198. The van der Waals surface area contributed by atoms with Gasteiger partial charge in [-0.1, -0.05) is 48.3 Å². The summed E-state index contributed by atoms with van der Waals surface area (Å²) in [6, 6.07) is 9.49. The first-order valence-corrected chi connectivity index (χ1v) is 9.27. The van der Waals surface area contributed by atoms with E-state index in [9.17, 15) is 9.59 Å². The van der Waals surface area contributed by atoms with Crippen LogP contribution in [0.15, 0.2) is 34.9 Å². The summed E-state index contributed by atoms with van der Waals surface area (Å²) in [4.78, 5) is 29.0. The molecule has 0 radical (unpaired) electrons. The Labute approximate surface area is 163 Å².